The first-order valence-electron chi connectivity index (χ1n) is 5.03. The molecule has 0 unspecified atom stereocenters. The van der Waals surface area contributed by atoms with Gasteiger partial charge in [0, 0.05) is 15.7 Å². The molecule has 0 aliphatic heterocycles. The van der Waals surface area contributed by atoms with Gasteiger partial charge in [0.1, 0.15) is 6.04 Å². The lowest BCUT2D eigenvalue weighted by Crippen LogP contribution is -2.40. The molecule has 1 aromatic rings. The molecule has 0 bridgehead atoms. The van der Waals surface area contributed by atoms with E-state index in [1.165, 1.54) is 6.07 Å². The Balaban J connectivity index is 2.86. The number of carboxylic acid groups (broad SMARTS) is 1. The van der Waals surface area contributed by atoms with Crippen molar-refractivity contribution < 1.29 is 14.7 Å². The lowest BCUT2D eigenvalue weighted by atomic mass is 10.1. The van der Waals surface area contributed by atoms with Crippen LogP contribution >= 0.6 is 15.9 Å². The number of hydrogen-bond acceptors (Lipinski definition) is 3. The highest BCUT2D eigenvalue weighted by Gasteiger charge is 2.18. The van der Waals surface area contributed by atoms with E-state index in [0.717, 1.165) is 0 Å². The zero-order valence-corrected chi connectivity index (χ0v) is 10.8. The minimum absolute atomic E-state index is 0.324. The Labute approximate surface area is 107 Å². The second kappa shape index (κ2) is 5.67. The van der Waals surface area contributed by atoms with E-state index in [1.807, 2.05) is 0 Å². The molecular formula is C11H13BrN2O3. The van der Waals surface area contributed by atoms with Gasteiger partial charge in [0.25, 0.3) is 5.91 Å². The van der Waals surface area contributed by atoms with Gasteiger partial charge in [-0.25, -0.2) is 4.79 Å². The zero-order chi connectivity index (χ0) is 13.0. The van der Waals surface area contributed by atoms with Crippen LogP contribution in [-0.2, 0) is 4.79 Å². The van der Waals surface area contributed by atoms with Gasteiger partial charge in [-0.1, -0.05) is 22.9 Å². The first-order chi connectivity index (χ1) is 7.93. The summed E-state index contributed by atoms with van der Waals surface area (Å²) in [6.07, 6.45) is 0.324. The Kier molecular flexibility index (Phi) is 4.51. The number of nitrogen functional groups attached to an aromatic ring is 1. The number of benzene rings is 1. The molecule has 0 aliphatic rings. The standard InChI is InChI=1S/C11H13BrN2O3/c1-2-9(11(16)17)14-10(15)6-3-7(12)5-8(13)4-6/h3-5,9H,2,13H2,1H3,(H,14,15)(H,16,17)/t9-/m0/s1. The highest BCUT2D eigenvalue weighted by molar-refractivity contribution is 9.10. The molecule has 0 saturated carbocycles. The Morgan fingerprint density at radius 3 is 2.59 bits per heavy atom. The van der Waals surface area contributed by atoms with Gasteiger partial charge < -0.3 is 16.2 Å². The number of halogens is 1. The van der Waals surface area contributed by atoms with Crippen LogP contribution in [0.25, 0.3) is 0 Å². The van der Waals surface area contributed by atoms with Crippen molar-refractivity contribution in [3.63, 3.8) is 0 Å². The summed E-state index contributed by atoms with van der Waals surface area (Å²) in [5, 5.41) is 11.3. The van der Waals surface area contributed by atoms with Gasteiger partial charge >= 0.3 is 5.97 Å². The highest BCUT2D eigenvalue weighted by Crippen LogP contribution is 2.17. The van der Waals surface area contributed by atoms with E-state index >= 15 is 0 Å². The van der Waals surface area contributed by atoms with Crippen LogP contribution in [0.1, 0.15) is 23.7 Å². The van der Waals surface area contributed by atoms with Crippen LogP contribution in [0.3, 0.4) is 0 Å². The molecule has 5 nitrogen and oxygen atoms in total. The van der Waals surface area contributed by atoms with E-state index in [1.54, 1.807) is 19.1 Å². The predicted octanol–water partition coefficient (Wildman–Crippen LogP) is 1.62. The summed E-state index contributed by atoms with van der Waals surface area (Å²) in [7, 11) is 0. The van der Waals surface area contributed by atoms with E-state index in [4.69, 9.17) is 10.8 Å². The average molecular weight is 301 g/mol. The number of hydrogen-bond donors (Lipinski definition) is 3. The normalized spacial score (nSPS) is 11.9. The van der Waals surface area contributed by atoms with Crippen molar-refractivity contribution in [3.05, 3.63) is 28.2 Å². The first-order valence-corrected chi connectivity index (χ1v) is 5.83. The van der Waals surface area contributed by atoms with Crippen molar-refractivity contribution in [1.29, 1.82) is 0 Å². The zero-order valence-electron chi connectivity index (χ0n) is 9.24. The summed E-state index contributed by atoms with van der Waals surface area (Å²) in [6.45, 7) is 1.69. The van der Waals surface area contributed by atoms with Crippen LogP contribution in [0.2, 0.25) is 0 Å². The summed E-state index contributed by atoms with van der Waals surface area (Å²) >= 11 is 3.22. The second-order valence-electron chi connectivity index (χ2n) is 3.55. The molecule has 0 saturated heterocycles. The van der Waals surface area contributed by atoms with Gasteiger partial charge in [0.2, 0.25) is 0 Å². The third-order valence-electron chi connectivity index (χ3n) is 2.19. The second-order valence-corrected chi connectivity index (χ2v) is 4.46. The molecule has 0 radical (unpaired) electrons. The Morgan fingerprint density at radius 2 is 2.12 bits per heavy atom. The number of nitrogens with two attached hydrogens (primary N) is 1. The van der Waals surface area contributed by atoms with Crippen molar-refractivity contribution in [2.24, 2.45) is 0 Å². The maximum absolute atomic E-state index is 11.8. The molecule has 4 N–H and O–H groups in total. The van der Waals surface area contributed by atoms with Gasteiger partial charge in [0.05, 0.1) is 0 Å². The van der Waals surface area contributed by atoms with Gasteiger partial charge in [-0.05, 0) is 24.6 Å². The summed E-state index contributed by atoms with van der Waals surface area (Å²) < 4.78 is 0.672. The monoisotopic (exact) mass is 300 g/mol. The lowest BCUT2D eigenvalue weighted by molar-refractivity contribution is -0.139. The number of rotatable bonds is 4. The molecule has 1 rings (SSSR count). The number of carbonyl (C=O) groups excluding carboxylic acids is 1. The number of amides is 1. The molecule has 0 fully saturated rings. The van der Waals surface area contributed by atoms with E-state index in [9.17, 15) is 9.59 Å². The van der Waals surface area contributed by atoms with E-state index in [2.05, 4.69) is 21.2 Å². The summed E-state index contributed by atoms with van der Waals surface area (Å²) in [5.74, 6) is -1.50. The molecule has 0 aromatic heterocycles. The van der Waals surface area contributed by atoms with Crippen molar-refractivity contribution in [1.82, 2.24) is 5.32 Å². The topological polar surface area (TPSA) is 92.4 Å². The third-order valence-corrected chi connectivity index (χ3v) is 2.65. The van der Waals surface area contributed by atoms with Crippen LogP contribution in [0.5, 0.6) is 0 Å². The van der Waals surface area contributed by atoms with Crippen molar-refractivity contribution in [2.45, 2.75) is 19.4 Å². The van der Waals surface area contributed by atoms with Crippen LogP contribution in [0.15, 0.2) is 22.7 Å². The van der Waals surface area contributed by atoms with Gasteiger partial charge in [-0.3, -0.25) is 4.79 Å². The maximum Gasteiger partial charge on any atom is 0.326 e. The van der Waals surface area contributed by atoms with E-state index < -0.39 is 17.9 Å². The SMILES string of the molecule is CC[C@H](NC(=O)c1cc(N)cc(Br)c1)C(=O)O. The van der Waals surface area contributed by atoms with Gasteiger partial charge in [-0.2, -0.15) is 0 Å². The number of carboxylic acids is 1. The maximum atomic E-state index is 11.8. The van der Waals surface area contributed by atoms with E-state index in [-0.39, 0.29) is 0 Å². The summed E-state index contributed by atoms with van der Waals surface area (Å²) in [5.41, 5.74) is 6.36. The quantitative estimate of drug-likeness (QED) is 0.737. The molecule has 0 heterocycles. The molecule has 0 spiro atoms. The Hall–Kier alpha value is -1.56. The molecule has 92 valence electrons. The molecule has 1 aromatic carbocycles. The Morgan fingerprint density at radius 1 is 1.47 bits per heavy atom. The molecule has 1 amide bonds. The van der Waals surface area contributed by atoms with Crippen molar-refractivity contribution in [3.8, 4) is 0 Å². The fourth-order valence-corrected chi connectivity index (χ4v) is 1.83. The van der Waals surface area contributed by atoms with Crippen molar-refractivity contribution >= 4 is 33.5 Å². The summed E-state index contributed by atoms with van der Waals surface area (Å²) in [6, 6.07) is 3.85. The third kappa shape index (κ3) is 3.74. The van der Waals surface area contributed by atoms with Crippen LogP contribution in [0.4, 0.5) is 5.69 Å². The molecule has 6 heteroatoms. The molecule has 17 heavy (non-hydrogen) atoms. The molecule has 1 atom stereocenters. The van der Waals surface area contributed by atoms with E-state index in [0.29, 0.717) is 22.1 Å². The fraction of sp³-hybridized carbons (Fsp3) is 0.273. The van der Waals surface area contributed by atoms with Crippen LogP contribution < -0.4 is 11.1 Å². The molecule has 0 aliphatic carbocycles. The summed E-state index contributed by atoms with van der Waals surface area (Å²) in [4.78, 5) is 22.6. The smallest absolute Gasteiger partial charge is 0.326 e. The van der Waals surface area contributed by atoms with Gasteiger partial charge in [-0.15, -0.1) is 0 Å². The number of nitrogens with one attached hydrogen (secondary N) is 1. The van der Waals surface area contributed by atoms with Crippen LogP contribution in [0, 0.1) is 0 Å². The predicted molar refractivity (Wildman–Crippen MR) is 67.7 cm³/mol. The number of carbonyl (C=O) groups is 2. The largest absolute Gasteiger partial charge is 0.480 e. The highest BCUT2D eigenvalue weighted by atomic mass is 79.9. The fourth-order valence-electron chi connectivity index (χ4n) is 1.32. The number of anilines is 1. The lowest BCUT2D eigenvalue weighted by Gasteiger charge is -2.12. The van der Waals surface area contributed by atoms with Gasteiger partial charge in [0.15, 0.2) is 0 Å². The molecular weight excluding hydrogens is 288 g/mol. The minimum atomic E-state index is -1.05. The number of aliphatic carboxylic acids is 1. The average Bonchev–Trinajstić information content (AvgIpc) is 2.23. The van der Waals surface area contributed by atoms with Crippen molar-refractivity contribution in [2.75, 3.05) is 5.73 Å². The Bertz CT molecular complexity index is 428. The first kappa shape index (κ1) is 13.5. The van der Waals surface area contributed by atoms with Crippen LogP contribution in [-0.4, -0.2) is 23.0 Å². The minimum Gasteiger partial charge on any atom is -0.480 e.